The molecule has 0 radical (unpaired) electrons. The quantitative estimate of drug-likeness (QED) is 0.523. The molecule has 0 saturated carbocycles. The van der Waals surface area contributed by atoms with E-state index in [2.05, 4.69) is 15.3 Å². The second kappa shape index (κ2) is 7.70. The van der Waals surface area contributed by atoms with Crippen LogP contribution in [-0.4, -0.2) is 27.4 Å². The fourth-order valence-corrected chi connectivity index (χ4v) is 2.90. The smallest absolute Gasteiger partial charge is 0.270 e. The van der Waals surface area contributed by atoms with Crippen molar-refractivity contribution in [2.24, 2.45) is 0 Å². The van der Waals surface area contributed by atoms with Crippen LogP contribution >= 0.6 is 11.3 Å². The fourth-order valence-electron chi connectivity index (χ4n) is 2.19. The van der Waals surface area contributed by atoms with Crippen molar-refractivity contribution in [2.45, 2.75) is 6.92 Å². The molecule has 8 nitrogen and oxygen atoms in total. The SMILES string of the molecule is CCOc1cc(C(=O)Nc2nc(-c3cccc([N+](=O)[O-])c3)cs2)ccn1. The van der Waals surface area contributed by atoms with E-state index < -0.39 is 4.92 Å². The molecule has 132 valence electrons. The van der Waals surface area contributed by atoms with Gasteiger partial charge in [-0.05, 0) is 13.0 Å². The number of hydrogen-bond donors (Lipinski definition) is 1. The molecule has 9 heteroatoms. The number of anilines is 1. The Morgan fingerprint density at radius 2 is 2.19 bits per heavy atom. The Hall–Kier alpha value is -3.33. The molecule has 0 spiro atoms. The van der Waals surface area contributed by atoms with Gasteiger partial charge in [0.15, 0.2) is 5.13 Å². The highest BCUT2D eigenvalue weighted by molar-refractivity contribution is 7.14. The van der Waals surface area contributed by atoms with Crippen LogP contribution in [0.4, 0.5) is 10.8 Å². The number of nitro benzene ring substituents is 1. The van der Waals surface area contributed by atoms with Crippen LogP contribution < -0.4 is 10.1 Å². The summed E-state index contributed by atoms with van der Waals surface area (Å²) in [6, 6.07) is 9.30. The van der Waals surface area contributed by atoms with Crippen LogP contribution in [0.15, 0.2) is 48.0 Å². The Bertz CT molecular complexity index is 957. The number of rotatable bonds is 6. The highest BCUT2D eigenvalue weighted by Gasteiger charge is 2.13. The monoisotopic (exact) mass is 370 g/mol. The molecule has 0 fully saturated rings. The van der Waals surface area contributed by atoms with E-state index in [1.54, 1.807) is 29.6 Å². The predicted octanol–water partition coefficient (Wildman–Crippen LogP) is 3.76. The van der Waals surface area contributed by atoms with E-state index >= 15 is 0 Å². The van der Waals surface area contributed by atoms with Gasteiger partial charge in [-0.25, -0.2) is 9.97 Å². The minimum Gasteiger partial charge on any atom is -0.478 e. The third kappa shape index (κ3) is 4.01. The number of amides is 1. The fraction of sp³-hybridized carbons (Fsp3) is 0.118. The zero-order valence-electron chi connectivity index (χ0n) is 13.7. The van der Waals surface area contributed by atoms with E-state index in [0.29, 0.717) is 34.4 Å². The maximum atomic E-state index is 12.3. The van der Waals surface area contributed by atoms with E-state index in [1.165, 1.54) is 29.7 Å². The van der Waals surface area contributed by atoms with Crippen molar-refractivity contribution < 1.29 is 14.5 Å². The van der Waals surface area contributed by atoms with Gasteiger partial charge in [-0.3, -0.25) is 20.2 Å². The molecule has 26 heavy (non-hydrogen) atoms. The van der Waals surface area contributed by atoms with Crippen LogP contribution in [0.1, 0.15) is 17.3 Å². The van der Waals surface area contributed by atoms with Gasteiger partial charge in [-0.2, -0.15) is 0 Å². The number of nitrogens with zero attached hydrogens (tertiary/aromatic N) is 3. The Morgan fingerprint density at radius 1 is 1.35 bits per heavy atom. The standard InChI is InChI=1S/C17H14N4O4S/c1-2-25-15-9-12(6-7-18-15)16(22)20-17-19-14(10-26-17)11-4-3-5-13(8-11)21(23)24/h3-10H,2H2,1H3,(H,19,20,22). The molecule has 0 bridgehead atoms. The van der Waals surface area contributed by atoms with Crippen LogP contribution in [0.2, 0.25) is 0 Å². The van der Waals surface area contributed by atoms with Crippen molar-refractivity contribution in [3.63, 3.8) is 0 Å². The maximum absolute atomic E-state index is 12.3. The normalized spacial score (nSPS) is 10.3. The number of carbonyl (C=O) groups is 1. The molecule has 0 aliphatic carbocycles. The average Bonchev–Trinajstić information content (AvgIpc) is 3.11. The summed E-state index contributed by atoms with van der Waals surface area (Å²) in [5, 5.41) is 15.7. The number of aromatic nitrogens is 2. The zero-order chi connectivity index (χ0) is 18.5. The summed E-state index contributed by atoms with van der Waals surface area (Å²) in [4.78, 5) is 31.1. The molecular weight excluding hydrogens is 356 g/mol. The lowest BCUT2D eigenvalue weighted by Crippen LogP contribution is -2.12. The number of pyridine rings is 1. The minimum absolute atomic E-state index is 0.0127. The van der Waals surface area contributed by atoms with Crippen LogP contribution in [0.3, 0.4) is 0 Å². The van der Waals surface area contributed by atoms with E-state index in [9.17, 15) is 14.9 Å². The van der Waals surface area contributed by atoms with Gasteiger partial charge < -0.3 is 4.74 Å². The van der Waals surface area contributed by atoms with E-state index in [4.69, 9.17) is 4.74 Å². The molecule has 2 aromatic heterocycles. The van der Waals surface area contributed by atoms with E-state index in [1.807, 2.05) is 6.92 Å². The Balaban J connectivity index is 1.76. The third-order valence-electron chi connectivity index (χ3n) is 3.37. The highest BCUT2D eigenvalue weighted by atomic mass is 32.1. The van der Waals surface area contributed by atoms with E-state index in [-0.39, 0.29) is 11.6 Å². The second-order valence-corrected chi connectivity index (χ2v) is 5.97. The van der Waals surface area contributed by atoms with Crippen LogP contribution in [0.5, 0.6) is 5.88 Å². The molecule has 3 rings (SSSR count). The van der Waals surface area contributed by atoms with Crippen LogP contribution in [0, 0.1) is 10.1 Å². The first-order chi connectivity index (χ1) is 12.6. The van der Waals surface area contributed by atoms with Crippen molar-refractivity contribution in [3.05, 3.63) is 63.7 Å². The summed E-state index contributed by atoms with van der Waals surface area (Å²) in [7, 11) is 0. The number of nitrogens with one attached hydrogen (secondary N) is 1. The molecule has 2 heterocycles. The van der Waals surface area contributed by atoms with Crippen molar-refractivity contribution in [3.8, 4) is 17.1 Å². The second-order valence-electron chi connectivity index (χ2n) is 5.12. The first kappa shape index (κ1) is 17.5. The van der Waals surface area contributed by atoms with Crippen LogP contribution in [0.25, 0.3) is 11.3 Å². The van der Waals surface area contributed by atoms with Gasteiger partial charge in [0.1, 0.15) is 0 Å². The number of hydrogen-bond acceptors (Lipinski definition) is 7. The molecule has 0 saturated heterocycles. The van der Waals surface area contributed by atoms with Gasteiger partial charge in [0.25, 0.3) is 11.6 Å². The molecule has 1 amide bonds. The molecule has 0 unspecified atom stereocenters. The molecule has 0 aliphatic rings. The number of non-ortho nitro benzene ring substituents is 1. The largest absolute Gasteiger partial charge is 0.478 e. The lowest BCUT2D eigenvalue weighted by molar-refractivity contribution is -0.384. The number of ether oxygens (including phenoxy) is 1. The Labute approximate surface area is 152 Å². The molecule has 0 atom stereocenters. The third-order valence-corrected chi connectivity index (χ3v) is 4.12. The van der Waals surface area contributed by atoms with Gasteiger partial charge in [0.2, 0.25) is 5.88 Å². The van der Waals surface area contributed by atoms with Gasteiger partial charge >= 0.3 is 0 Å². The van der Waals surface area contributed by atoms with Crippen molar-refractivity contribution in [2.75, 3.05) is 11.9 Å². The van der Waals surface area contributed by atoms with Crippen LogP contribution in [-0.2, 0) is 0 Å². The van der Waals surface area contributed by atoms with Gasteiger partial charge in [-0.15, -0.1) is 11.3 Å². The molecular formula is C17H14N4O4S. The lowest BCUT2D eigenvalue weighted by atomic mass is 10.1. The topological polar surface area (TPSA) is 107 Å². The van der Waals surface area contributed by atoms with Gasteiger partial charge in [0, 0.05) is 40.9 Å². The predicted molar refractivity (Wildman–Crippen MR) is 97.6 cm³/mol. The van der Waals surface area contributed by atoms with Gasteiger partial charge in [0.05, 0.1) is 17.2 Å². The summed E-state index contributed by atoms with van der Waals surface area (Å²) in [5.41, 5.74) is 1.55. The highest BCUT2D eigenvalue weighted by Crippen LogP contribution is 2.27. The average molecular weight is 370 g/mol. The molecule has 0 aliphatic heterocycles. The Morgan fingerprint density at radius 3 is 2.96 bits per heavy atom. The van der Waals surface area contributed by atoms with Crippen molar-refractivity contribution >= 4 is 28.1 Å². The summed E-state index contributed by atoms with van der Waals surface area (Å²) < 4.78 is 5.28. The number of carbonyl (C=O) groups excluding carboxylic acids is 1. The zero-order valence-corrected chi connectivity index (χ0v) is 14.5. The van der Waals surface area contributed by atoms with Gasteiger partial charge in [-0.1, -0.05) is 12.1 Å². The number of thiazole rings is 1. The Kier molecular flexibility index (Phi) is 5.18. The molecule has 3 aromatic rings. The summed E-state index contributed by atoms with van der Waals surface area (Å²) in [5.74, 6) is 0.0323. The first-order valence-corrected chi connectivity index (χ1v) is 8.55. The summed E-state index contributed by atoms with van der Waals surface area (Å²) in [6.07, 6.45) is 1.50. The van der Waals surface area contributed by atoms with Crippen molar-refractivity contribution in [1.29, 1.82) is 0 Å². The van der Waals surface area contributed by atoms with Crippen molar-refractivity contribution in [1.82, 2.24) is 9.97 Å². The number of benzene rings is 1. The molecule has 1 aromatic carbocycles. The first-order valence-electron chi connectivity index (χ1n) is 7.67. The maximum Gasteiger partial charge on any atom is 0.270 e. The summed E-state index contributed by atoms with van der Waals surface area (Å²) >= 11 is 1.24. The lowest BCUT2D eigenvalue weighted by Gasteiger charge is -2.04. The minimum atomic E-state index is -0.460. The van der Waals surface area contributed by atoms with E-state index in [0.717, 1.165) is 0 Å². The summed E-state index contributed by atoms with van der Waals surface area (Å²) in [6.45, 7) is 2.29. The number of nitro groups is 1. The molecule has 1 N–H and O–H groups in total.